The number of esters is 3. The van der Waals surface area contributed by atoms with Crippen molar-refractivity contribution < 1.29 is 58.2 Å². The largest absolute Gasteiger partial charge is 0.479 e. The number of carboxylic acids is 1. The van der Waals surface area contributed by atoms with E-state index in [2.05, 4.69) is 45.1 Å². The van der Waals surface area contributed by atoms with Crippen molar-refractivity contribution in [3.63, 3.8) is 0 Å². The van der Waals surface area contributed by atoms with Crippen molar-refractivity contribution in [3.8, 4) is 0 Å². The van der Waals surface area contributed by atoms with Crippen LogP contribution in [-0.2, 0) is 42.9 Å². The fourth-order valence-electron chi connectivity index (χ4n) is 8.28. The maximum Gasteiger partial charge on any atom is 0.335 e. The number of allylic oxidation sites excluding steroid dienone is 4. The van der Waals surface area contributed by atoms with Crippen LogP contribution in [0.3, 0.4) is 0 Å². The Hall–Kier alpha value is -2.80. The van der Waals surface area contributed by atoms with Gasteiger partial charge in [-0.1, -0.05) is 206 Å². The third-order valence-electron chi connectivity index (χ3n) is 12.5. The minimum absolute atomic E-state index is 0.0638. The average molecular weight is 951 g/mol. The van der Waals surface area contributed by atoms with E-state index in [4.69, 9.17) is 23.7 Å². The second-order valence-corrected chi connectivity index (χ2v) is 18.9. The standard InChI is InChI=1S/C55H98O12/c1-4-7-10-13-16-19-21-23-24-26-27-30-32-35-38-41-47(56)63-44-46(65-48(57)42-39-36-34-31-28-25-22-20-17-14-11-8-5-2)45-64-55-53(51(60)50(59)52(67-55)54(61)62)66-49(58)43-40-37-33-29-18-15-12-9-6-3/h16,19,23-24,46,50-53,55,59-60H,4-15,17-18,20-22,25-45H2,1-3H3,(H,61,62)/b19-16-,24-23-. The van der Waals surface area contributed by atoms with Crippen molar-refractivity contribution in [1.82, 2.24) is 0 Å². The van der Waals surface area contributed by atoms with Gasteiger partial charge in [0.1, 0.15) is 18.8 Å². The summed E-state index contributed by atoms with van der Waals surface area (Å²) in [6.45, 7) is 5.92. The van der Waals surface area contributed by atoms with Gasteiger partial charge in [-0.15, -0.1) is 0 Å². The lowest BCUT2D eigenvalue weighted by Crippen LogP contribution is -2.61. The molecule has 1 aliphatic heterocycles. The Bertz CT molecular complexity index is 1270. The first-order valence-electron chi connectivity index (χ1n) is 27.3. The van der Waals surface area contributed by atoms with Crippen molar-refractivity contribution in [2.75, 3.05) is 13.2 Å². The van der Waals surface area contributed by atoms with Gasteiger partial charge in [0, 0.05) is 19.3 Å². The van der Waals surface area contributed by atoms with E-state index in [1.807, 2.05) is 0 Å². The molecule has 0 amide bonds. The zero-order valence-corrected chi connectivity index (χ0v) is 42.7. The molecule has 12 nitrogen and oxygen atoms in total. The summed E-state index contributed by atoms with van der Waals surface area (Å²) in [6, 6.07) is 0. The zero-order valence-electron chi connectivity index (χ0n) is 42.7. The number of rotatable bonds is 46. The number of ether oxygens (including phenoxy) is 5. The summed E-state index contributed by atoms with van der Waals surface area (Å²) in [5.74, 6) is -3.12. The number of hydrogen-bond donors (Lipinski definition) is 3. The monoisotopic (exact) mass is 951 g/mol. The number of carbonyl (C=O) groups is 4. The molecule has 1 heterocycles. The molecule has 1 saturated heterocycles. The number of aliphatic carboxylic acids is 1. The lowest BCUT2D eigenvalue weighted by Gasteiger charge is -2.40. The van der Waals surface area contributed by atoms with Crippen molar-refractivity contribution in [2.45, 2.75) is 289 Å². The van der Waals surface area contributed by atoms with E-state index in [9.17, 15) is 34.5 Å². The van der Waals surface area contributed by atoms with E-state index < -0.39 is 67.3 Å². The third-order valence-corrected chi connectivity index (χ3v) is 12.5. The molecular formula is C55H98O12. The zero-order chi connectivity index (χ0) is 49.0. The highest BCUT2D eigenvalue weighted by atomic mass is 16.7. The van der Waals surface area contributed by atoms with Crippen molar-refractivity contribution in [1.29, 1.82) is 0 Å². The molecule has 0 aromatic carbocycles. The van der Waals surface area contributed by atoms with Gasteiger partial charge >= 0.3 is 23.9 Å². The second-order valence-electron chi connectivity index (χ2n) is 18.9. The van der Waals surface area contributed by atoms with Gasteiger partial charge in [0.25, 0.3) is 0 Å². The number of unbranched alkanes of at least 4 members (excludes halogenated alkanes) is 28. The van der Waals surface area contributed by atoms with Crippen LogP contribution in [0.4, 0.5) is 0 Å². The fourth-order valence-corrected chi connectivity index (χ4v) is 8.28. The smallest absolute Gasteiger partial charge is 0.335 e. The van der Waals surface area contributed by atoms with Gasteiger partial charge in [0.2, 0.25) is 0 Å². The van der Waals surface area contributed by atoms with E-state index in [1.165, 1.54) is 103 Å². The molecular weight excluding hydrogens is 853 g/mol. The molecule has 1 aliphatic rings. The van der Waals surface area contributed by atoms with E-state index in [0.717, 1.165) is 89.9 Å². The molecule has 0 saturated carbocycles. The maximum atomic E-state index is 13.1. The van der Waals surface area contributed by atoms with Crippen LogP contribution < -0.4 is 0 Å². The molecule has 12 heteroatoms. The first-order chi connectivity index (χ1) is 32.6. The molecule has 1 rings (SSSR count). The van der Waals surface area contributed by atoms with Crippen molar-refractivity contribution in [2.24, 2.45) is 0 Å². The molecule has 0 aromatic rings. The van der Waals surface area contributed by atoms with Gasteiger partial charge in [-0.25, -0.2) is 4.79 Å². The van der Waals surface area contributed by atoms with Crippen molar-refractivity contribution in [3.05, 3.63) is 24.3 Å². The first kappa shape index (κ1) is 62.2. The van der Waals surface area contributed by atoms with E-state index >= 15 is 0 Å². The Labute approximate surface area is 407 Å². The highest BCUT2D eigenvalue weighted by Gasteiger charge is 2.50. The van der Waals surface area contributed by atoms with E-state index in [-0.39, 0.29) is 25.9 Å². The second kappa shape index (κ2) is 44.4. The molecule has 6 atom stereocenters. The number of hydrogen-bond acceptors (Lipinski definition) is 11. The van der Waals surface area contributed by atoms with Crippen LogP contribution in [0.2, 0.25) is 0 Å². The molecule has 67 heavy (non-hydrogen) atoms. The Morgan fingerprint density at radius 2 is 0.896 bits per heavy atom. The van der Waals surface area contributed by atoms with Crippen molar-refractivity contribution >= 4 is 23.9 Å². The van der Waals surface area contributed by atoms with Gasteiger partial charge in [0.05, 0.1) is 6.61 Å². The lowest BCUT2D eigenvalue weighted by atomic mass is 9.98. The van der Waals surface area contributed by atoms with Crippen LogP contribution in [0.25, 0.3) is 0 Å². The van der Waals surface area contributed by atoms with Gasteiger partial charge in [-0.05, 0) is 51.4 Å². The molecule has 0 aromatic heterocycles. The Morgan fingerprint density at radius 1 is 0.493 bits per heavy atom. The first-order valence-corrected chi connectivity index (χ1v) is 27.3. The Kier molecular flexibility index (Phi) is 41.2. The topological polar surface area (TPSA) is 175 Å². The normalized spacial score (nSPS) is 19.0. The minimum atomic E-state index is -1.90. The SMILES string of the molecule is CCCCC/C=C\C/C=C\CCCCCCCC(=O)OCC(COC1OC(C(=O)O)C(O)C(O)C1OC(=O)CCCCCCCCCCC)OC(=O)CCCCCCCCCCCCCCC. The van der Waals surface area contributed by atoms with Gasteiger partial charge in [0.15, 0.2) is 24.6 Å². The van der Waals surface area contributed by atoms with Crippen LogP contribution in [0.15, 0.2) is 24.3 Å². The highest BCUT2D eigenvalue weighted by molar-refractivity contribution is 5.74. The molecule has 0 aliphatic carbocycles. The fraction of sp³-hybridized carbons (Fsp3) is 0.855. The highest BCUT2D eigenvalue weighted by Crippen LogP contribution is 2.26. The van der Waals surface area contributed by atoms with Crippen LogP contribution in [0.1, 0.15) is 252 Å². The number of carboxylic acid groups (broad SMARTS) is 1. The predicted molar refractivity (Wildman–Crippen MR) is 266 cm³/mol. The van der Waals surface area contributed by atoms with Crippen LogP contribution in [0.5, 0.6) is 0 Å². The van der Waals surface area contributed by atoms with Gasteiger partial charge < -0.3 is 39.0 Å². The van der Waals surface area contributed by atoms with E-state index in [0.29, 0.717) is 19.3 Å². The van der Waals surface area contributed by atoms with E-state index in [1.54, 1.807) is 0 Å². The molecule has 1 fully saturated rings. The molecule has 0 radical (unpaired) electrons. The molecule has 390 valence electrons. The summed E-state index contributed by atoms with van der Waals surface area (Å²) >= 11 is 0. The van der Waals surface area contributed by atoms with Crippen LogP contribution in [0, 0.1) is 0 Å². The van der Waals surface area contributed by atoms with Gasteiger partial charge in [-0.2, -0.15) is 0 Å². The predicted octanol–water partition coefficient (Wildman–Crippen LogP) is 13.1. The maximum absolute atomic E-state index is 13.1. The minimum Gasteiger partial charge on any atom is -0.479 e. The third kappa shape index (κ3) is 35.0. The summed E-state index contributed by atoms with van der Waals surface area (Å²) in [6.07, 6.45) is 36.0. The number of carbonyl (C=O) groups excluding carboxylic acids is 3. The Balaban J connectivity index is 2.71. The summed E-state index contributed by atoms with van der Waals surface area (Å²) in [7, 11) is 0. The van der Waals surface area contributed by atoms with Crippen LogP contribution >= 0.6 is 0 Å². The quantitative estimate of drug-likeness (QED) is 0.0228. The van der Waals surface area contributed by atoms with Crippen LogP contribution in [-0.4, -0.2) is 89.2 Å². The summed E-state index contributed by atoms with van der Waals surface area (Å²) in [5.41, 5.74) is 0. The molecule has 0 bridgehead atoms. The summed E-state index contributed by atoms with van der Waals surface area (Å²) in [5, 5.41) is 31.3. The molecule has 3 N–H and O–H groups in total. The average Bonchev–Trinajstić information content (AvgIpc) is 3.31. The number of aliphatic hydroxyl groups excluding tert-OH is 2. The van der Waals surface area contributed by atoms with Gasteiger partial charge in [-0.3, -0.25) is 14.4 Å². The number of aliphatic hydroxyl groups is 2. The lowest BCUT2D eigenvalue weighted by molar-refractivity contribution is -0.301. The summed E-state index contributed by atoms with van der Waals surface area (Å²) in [4.78, 5) is 50.8. The molecule has 6 unspecified atom stereocenters. The summed E-state index contributed by atoms with van der Waals surface area (Å²) < 4.78 is 28.3. The molecule has 0 spiro atoms. The Morgan fingerprint density at radius 3 is 1.37 bits per heavy atom.